The highest BCUT2D eigenvalue weighted by Crippen LogP contribution is 2.20. The highest BCUT2D eigenvalue weighted by molar-refractivity contribution is 6.30. The van der Waals surface area contributed by atoms with Gasteiger partial charge in [-0.3, -0.25) is 14.8 Å². The number of carbonyl (C=O) groups excluding carboxylic acids is 2. The second kappa shape index (κ2) is 13.7. The first-order valence-corrected chi connectivity index (χ1v) is 10.6. The summed E-state index contributed by atoms with van der Waals surface area (Å²) in [5, 5.41) is 12.7. The Kier molecular flexibility index (Phi) is 11.0. The van der Waals surface area contributed by atoms with Gasteiger partial charge in [-0.15, -0.1) is 0 Å². The van der Waals surface area contributed by atoms with Crippen LogP contribution in [0.5, 0.6) is 5.75 Å². The molecule has 2 amide bonds. The van der Waals surface area contributed by atoms with Crippen molar-refractivity contribution in [1.82, 2.24) is 10.8 Å². The van der Waals surface area contributed by atoms with E-state index < -0.39 is 17.9 Å². The molecule has 0 fully saturated rings. The third-order valence-corrected chi connectivity index (χ3v) is 5.05. The minimum absolute atomic E-state index is 0.0660. The number of hydroxylamine groups is 1. The van der Waals surface area contributed by atoms with Crippen molar-refractivity contribution in [2.45, 2.75) is 25.8 Å². The molecule has 0 saturated heterocycles. The zero-order valence-electron chi connectivity index (χ0n) is 18.2. The Bertz CT molecular complexity index is 862. The van der Waals surface area contributed by atoms with Gasteiger partial charge in [-0.2, -0.15) is 0 Å². The summed E-state index contributed by atoms with van der Waals surface area (Å²) in [5.74, 6) is -0.837. The van der Waals surface area contributed by atoms with Crippen molar-refractivity contribution in [2.75, 3.05) is 27.1 Å². The van der Waals surface area contributed by atoms with E-state index in [9.17, 15) is 14.8 Å². The van der Waals surface area contributed by atoms with E-state index in [1.807, 2.05) is 25.1 Å². The molecule has 0 heterocycles. The van der Waals surface area contributed by atoms with Crippen LogP contribution in [0.2, 0.25) is 5.02 Å². The van der Waals surface area contributed by atoms with Gasteiger partial charge in [0, 0.05) is 23.1 Å². The molecule has 2 aromatic rings. The van der Waals surface area contributed by atoms with Crippen LogP contribution in [-0.2, 0) is 20.7 Å². The van der Waals surface area contributed by atoms with Crippen LogP contribution in [0.4, 0.5) is 0 Å². The van der Waals surface area contributed by atoms with E-state index in [-0.39, 0.29) is 25.7 Å². The molecule has 0 aliphatic rings. The number of amides is 2. The average molecular weight is 465 g/mol. The molecule has 2 atom stereocenters. The molecule has 8 nitrogen and oxygen atoms in total. The molecule has 3 N–H and O–H groups in total. The second-order valence-corrected chi connectivity index (χ2v) is 7.56. The molecule has 0 bridgehead atoms. The number of halogens is 1. The number of nitrogens with one attached hydrogen (secondary N) is 2. The lowest BCUT2D eigenvalue weighted by Gasteiger charge is -2.24. The summed E-state index contributed by atoms with van der Waals surface area (Å²) in [6.07, 6.45) is 0.567. The lowest BCUT2D eigenvalue weighted by Crippen LogP contribution is -2.42. The largest absolute Gasteiger partial charge is 0.497 e. The molecule has 174 valence electrons. The van der Waals surface area contributed by atoms with Gasteiger partial charge in [0.25, 0.3) is 5.91 Å². The fraction of sp³-hybridized carbons (Fsp3) is 0.391. The molecular weight excluding hydrogens is 436 g/mol. The molecule has 0 aliphatic carbocycles. The summed E-state index contributed by atoms with van der Waals surface area (Å²) in [4.78, 5) is 25.1. The Hall–Kier alpha value is -2.65. The molecule has 0 spiro atoms. The van der Waals surface area contributed by atoms with Crippen LogP contribution in [0.15, 0.2) is 48.5 Å². The molecule has 2 rings (SSSR count). The van der Waals surface area contributed by atoms with Gasteiger partial charge < -0.3 is 19.5 Å². The zero-order valence-corrected chi connectivity index (χ0v) is 18.9. The molecule has 0 aliphatic heterocycles. The predicted molar refractivity (Wildman–Crippen MR) is 120 cm³/mol. The highest BCUT2D eigenvalue weighted by Gasteiger charge is 2.25. The fourth-order valence-corrected chi connectivity index (χ4v) is 3.30. The van der Waals surface area contributed by atoms with Crippen LogP contribution >= 0.6 is 11.6 Å². The number of hydrogen-bond acceptors (Lipinski definition) is 6. The highest BCUT2D eigenvalue weighted by atomic mass is 35.5. The summed E-state index contributed by atoms with van der Waals surface area (Å²) in [6.45, 7) is 2.54. The fourth-order valence-electron chi connectivity index (χ4n) is 3.17. The van der Waals surface area contributed by atoms with Gasteiger partial charge in [0.05, 0.1) is 19.8 Å². The van der Waals surface area contributed by atoms with Crippen molar-refractivity contribution >= 4 is 23.4 Å². The maximum absolute atomic E-state index is 12.7. The van der Waals surface area contributed by atoms with Gasteiger partial charge in [-0.1, -0.05) is 23.7 Å². The predicted octanol–water partition coefficient (Wildman–Crippen LogP) is 3.21. The number of rotatable bonds is 13. The van der Waals surface area contributed by atoms with E-state index in [1.165, 1.54) is 0 Å². The standard InChI is InChI=1S/C23H29ClN2O6/c1-3-31-15-32-14-20(25-22(27)17-7-9-19(24)10-8-17)13-18(23(28)26-29)11-16-5-4-6-21(12-16)30-2/h4-10,12,18,20,29H,3,11,13-15H2,1-2H3,(H,25,27)(H,26,28)/t18-,20-/m0/s1. The maximum Gasteiger partial charge on any atom is 0.251 e. The lowest BCUT2D eigenvalue weighted by atomic mass is 9.92. The molecule has 9 heteroatoms. The van der Waals surface area contributed by atoms with Crippen molar-refractivity contribution < 1.29 is 29.0 Å². The van der Waals surface area contributed by atoms with E-state index in [1.54, 1.807) is 42.9 Å². The topological polar surface area (TPSA) is 106 Å². The molecule has 0 aromatic heterocycles. The number of hydrogen-bond donors (Lipinski definition) is 3. The van der Waals surface area contributed by atoms with Crippen LogP contribution in [0.25, 0.3) is 0 Å². The molecular formula is C23H29ClN2O6. The van der Waals surface area contributed by atoms with E-state index >= 15 is 0 Å². The molecule has 32 heavy (non-hydrogen) atoms. The number of benzene rings is 2. The summed E-state index contributed by atoms with van der Waals surface area (Å²) >= 11 is 5.90. The van der Waals surface area contributed by atoms with Gasteiger partial charge in [0.15, 0.2) is 0 Å². The van der Waals surface area contributed by atoms with Crippen molar-refractivity contribution in [2.24, 2.45) is 5.92 Å². The average Bonchev–Trinajstić information content (AvgIpc) is 2.81. The van der Waals surface area contributed by atoms with E-state index in [2.05, 4.69) is 5.32 Å². The first-order chi connectivity index (χ1) is 15.5. The van der Waals surface area contributed by atoms with E-state index in [4.69, 9.17) is 25.8 Å². The molecule has 2 aromatic carbocycles. The number of ether oxygens (including phenoxy) is 3. The quantitative estimate of drug-likeness (QED) is 0.182. The summed E-state index contributed by atoms with van der Waals surface area (Å²) < 4.78 is 16.0. The van der Waals surface area contributed by atoms with Gasteiger partial charge in [-0.05, 0) is 61.7 Å². The van der Waals surface area contributed by atoms with Gasteiger partial charge in [0.2, 0.25) is 5.91 Å². The van der Waals surface area contributed by atoms with Crippen LogP contribution in [0.1, 0.15) is 29.3 Å². The van der Waals surface area contributed by atoms with Crippen molar-refractivity contribution in [1.29, 1.82) is 0 Å². The maximum atomic E-state index is 12.7. The first-order valence-electron chi connectivity index (χ1n) is 10.3. The Morgan fingerprint density at radius 3 is 2.53 bits per heavy atom. The first kappa shape index (κ1) is 25.6. The van der Waals surface area contributed by atoms with Crippen molar-refractivity contribution in [3.63, 3.8) is 0 Å². The Morgan fingerprint density at radius 2 is 1.88 bits per heavy atom. The van der Waals surface area contributed by atoms with Crippen LogP contribution in [0, 0.1) is 5.92 Å². The van der Waals surface area contributed by atoms with Gasteiger partial charge in [-0.25, -0.2) is 5.48 Å². The molecule has 0 radical (unpaired) electrons. The van der Waals surface area contributed by atoms with E-state index in [0.29, 0.717) is 29.4 Å². The minimum Gasteiger partial charge on any atom is -0.497 e. The number of carbonyl (C=O) groups is 2. The summed E-state index contributed by atoms with van der Waals surface area (Å²) in [6, 6.07) is 13.3. The minimum atomic E-state index is -0.627. The normalized spacial score (nSPS) is 12.6. The van der Waals surface area contributed by atoms with Gasteiger partial charge in [0.1, 0.15) is 12.5 Å². The molecule has 0 unspecified atom stereocenters. The summed E-state index contributed by atoms with van der Waals surface area (Å²) in [5.41, 5.74) is 3.01. The van der Waals surface area contributed by atoms with Crippen LogP contribution in [-0.4, -0.2) is 50.2 Å². The van der Waals surface area contributed by atoms with Crippen LogP contribution < -0.4 is 15.5 Å². The Balaban J connectivity index is 2.14. The lowest BCUT2D eigenvalue weighted by molar-refractivity contribution is -0.134. The SMILES string of the molecule is CCOCOC[C@H](C[C@H](Cc1cccc(OC)c1)C(=O)NO)NC(=O)c1ccc(Cl)cc1. The third-order valence-electron chi connectivity index (χ3n) is 4.80. The van der Waals surface area contributed by atoms with Crippen LogP contribution in [0.3, 0.4) is 0 Å². The molecule has 0 saturated carbocycles. The smallest absolute Gasteiger partial charge is 0.251 e. The Labute approximate surface area is 192 Å². The third kappa shape index (κ3) is 8.47. The van der Waals surface area contributed by atoms with E-state index in [0.717, 1.165) is 5.56 Å². The summed E-state index contributed by atoms with van der Waals surface area (Å²) in [7, 11) is 1.56. The monoisotopic (exact) mass is 464 g/mol. The second-order valence-electron chi connectivity index (χ2n) is 7.12. The van der Waals surface area contributed by atoms with Gasteiger partial charge >= 0.3 is 0 Å². The zero-order chi connectivity index (χ0) is 23.3. The number of methoxy groups -OCH3 is 1. The van der Waals surface area contributed by atoms with Crippen molar-refractivity contribution in [3.8, 4) is 5.75 Å². The Morgan fingerprint density at radius 1 is 1.12 bits per heavy atom. The van der Waals surface area contributed by atoms with Crippen molar-refractivity contribution in [3.05, 3.63) is 64.7 Å².